The zero-order valence-electron chi connectivity index (χ0n) is 14.6. The summed E-state index contributed by atoms with van der Waals surface area (Å²) in [5.41, 5.74) is 5.73. The number of benzene rings is 2. The molecule has 0 fully saturated rings. The van der Waals surface area contributed by atoms with Crippen molar-refractivity contribution in [2.75, 3.05) is 13.7 Å². The van der Waals surface area contributed by atoms with E-state index in [4.69, 9.17) is 4.74 Å². The van der Waals surface area contributed by atoms with E-state index in [0.717, 1.165) is 25.1 Å². The fourth-order valence-electron chi connectivity index (χ4n) is 3.46. The number of methoxy groups -OCH3 is 1. The smallest absolute Gasteiger partial charge is 0.119 e. The molecule has 0 saturated heterocycles. The lowest BCUT2D eigenvalue weighted by Crippen LogP contribution is -2.41. The Balaban J connectivity index is 1.80. The van der Waals surface area contributed by atoms with Gasteiger partial charge in [-0.1, -0.05) is 49.7 Å². The minimum absolute atomic E-state index is 0.143. The van der Waals surface area contributed by atoms with E-state index in [1.54, 1.807) is 7.11 Å². The Bertz CT molecular complexity index is 673. The van der Waals surface area contributed by atoms with Gasteiger partial charge in [-0.3, -0.25) is 0 Å². The molecular formula is C21H27NO. The summed E-state index contributed by atoms with van der Waals surface area (Å²) >= 11 is 0. The summed E-state index contributed by atoms with van der Waals surface area (Å²) in [6, 6.07) is 15.9. The molecule has 0 spiro atoms. The number of rotatable bonds is 4. The van der Waals surface area contributed by atoms with E-state index in [9.17, 15) is 0 Å². The van der Waals surface area contributed by atoms with Gasteiger partial charge in [-0.25, -0.2) is 0 Å². The first-order valence-electron chi connectivity index (χ1n) is 8.47. The number of ether oxygens (including phenoxy) is 1. The molecule has 0 bridgehead atoms. The number of nitrogens with one attached hydrogen (secondary N) is 1. The van der Waals surface area contributed by atoms with Crippen molar-refractivity contribution >= 4 is 0 Å². The summed E-state index contributed by atoms with van der Waals surface area (Å²) in [6.07, 6.45) is 2.22. The van der Waals surface area contributed by atoms with Gasteiger partial charge in [0.1, 0.15) is 5.75 Å². The van der Waals surface area contributed by atoms with E-state index in [-0.39, 0.29) is 5.41 Å². The first kappa shape index (κ1) is 16.1. The van der Waals surface area contributed by atoms with Crippen LogP contribution in [0.15, 0.2) is 42.5 Å². The monoisotopic (exact) mass is 309 g/mol. The highest BCUT2D eigenvalue weighted by molar-refractivity contribution is 5.44. The third-order valence-electron chi connectivity index (χ3n) is 5.00. The predicted molar refractivity (Wildman–Crippen MR) is 96.3 cm³/mol. The van der Waals surface area contributed by atoms with Gasteiger partial charge in [0.05, 0.1) is 7.11 Å². The maximum atomic E-state index is 5.43. The molecule has 2 nitrogen and oxygen atoms in total. The fraction of sp³-hybridized carbons (Fsp3) is 0.429. The third kappa shape index (κ3) is 3.42. The fourth-order valence-corrected chi connectivity index (χ4v) is 3.46. The normalized spacial score (nSPS) is 19.2. The Kier molecular flexibility index (Phi) is 4.45. The second kappa shape index (κ2) is 6.37. The van der Waals surface area contributed by atoms with Crippen LogP contribution in [-0.4, -0.2) is 13.7 Å². The zero-order chi connectivity index (χ0) is 16.4. The van der Waals surface area contributed by atoms with Crippen molar-refractivity contribution in [1.82, 2.24) is 5.32 Å². The first-order valence-corrected chi connectivity index (χ1v) is 8.47. The van der Waals surface area contributed by atoms with Gasteiger partial charge in [-0.05, 0) is 48.6 Å². The Hall–Kier alpha value is -1.80. The topological polar surface area (TPSA) is 21.3 Å². The Morgan fingerprint density at radius 1 is 1.13 bits per heavy atom. The van der Waals surface area contributed by atoms with E-state index in [2.05, 4.69) is 68.6 Å². The van der Waals surface area contributed by atoms with E-state index in [1.165, 1.54) is 22.3 Å². The summed E-state index contributed by atoms with van der Waals surface area (Å²) in [7, 11) is 1.74. The molecule has 0 aliphatic carbocycles. The summed E-state index contributed by atoms with van der Waals surface area (Å²) in [4.78, 5) is 0. The molecule has 2 heteroatoms. The summed E-state index contributed by atoms with van der Waals surface area (Å²) in [5, 5.41) is 3.74. The maximum absolute atomic E-state index is 5.43. The van der Waals surface area contributed by atoms with Crippen LogP contribution in [0, 0.1) is 6.92 Å². The van der Waals surface area contributed by atoms with Crippen LogP contribution < -0.4 is 10.1 Å². The summed E-state index contributed by atoms with van der Waals surface area (Å²) < 4.78 is 5.43. The van der Waals surface area contributed by atoms with Crippen LogP contribution in [0.3, 0.4) is 0 Å². The molecule has 1 aliphatic heterocycles. The van der Waals surface area contributed by atoms with Crippen LogP contribution in [0.25, 0.3) is 0 Å². The van der Waals surface area contributed by atoms with Gasteiger partial charge in [0.15, 0.2) is 0 Å². The van der Waals surface area contributed by atoms with E-state index in [1.807, 2.05) is 0 Å². The molecule has 0 radical (unpaired) electrons. The van der Waals surface area contributed by atoms with Crippen LogP contribution in [-0.2, 0) is 11.8 Å². The molecule has 1 unspecified atom stereocenters. The minimum atomic E-state index is 0.143. The molecule has 1 aliphatic rings. The van der Waals surface area contributed by atoms with Crippen molar-refractivity contribution in [2.45, 2.75) is 45.1 Å². The highest BCUT2D eigenvalue weighted by Crippen LogP contribution is 2.38. The van der Waals surface area contributed by atoms with Gasteiger partial charge >= 0.3 is 0 Å². The molecule has 0 aromatic heterocycles. The molecule has 122 valence electrons. The highest BCUT2D eigenvalue weighted by atomic mass is 16.5. The quantitative estimate of drug-likeness (QED) is 0.894. The molecule has 2 aromatic carbocycles. The summed E-state index contributed by atoms with van der Waals surface area (Å²) in [5.74, 6) is 0.955. The van der Waals surface area contributed by atoms with Gasteiger partial charge in [0.25, 0.3) is 0 Å². The lowest BCUT2D eigenvalue weighted by atomic mass is 9.76. The molecular weight excluding hydrogens is 282 g/mol. The average Bonchev–Trinajstić information content (AvgIpc) is 2.55. The van der Waals surface area contributed by atoms with Crippen LogP contribution in [0.5, 0.6) is 5.75 Å². The SMILES string of the molecule is COc1ccc2c(c1)C(C)(C)CNC2CCc1ccc(C)cc1. The van der Waals surface area contributed by atoms with Crippen molar-refractivity contribution in [1.29, 1.82) is 0 Å². The third-order valence-corrected chi connectivity index (χ3v) is 5.00. The molecule has 2 aromatic rings. The lowest BCUT2D eigenvalue weighted by molar-refractivity contribution is 0.363. The predicted octanol–water partition coefficient (Wildman–Crippen LogP) is 4.56. The average molecular weight is 309 g/mol. The largest absolute Gasteiger partial charge is 0.497 e. The van der Waals surface area contributed by atoms with Crippen LogP contribution in [0.2, 0.25) is 0 Å². The van der Waals surface area contributed by atoms with E-state index < -0.39 is 0 Å². The van der Waals surface area contributed by atoms with Crippen LogP contribution >= 0.6 is 0 Å². The number of hydrogen-bond acceptors (Lipinski definition) is 2. The highest BCUT2D eigenvalue weighted by Gasteiger charge is 2.32. The van der Waals surface area contributed by atoms with E-state index >= 15 is 0 Å². The lowest BCUT2D eigenvalue weighted by Gasteiger charge is -2.38. The second-order valence-corrected chi connectivity index (χ2v) is 7.29. The molecule has 3 rings (SSSR count). The van der Waals surface area contributed by atoms with Crippen LogP contribution in [0.4, 0.5) is 0 Å². The molecule has 1 heterocycles. The van der Waals surface area contributed by atoms with Crippen molar-refractivity contribution < 1.29 is 4.74 Å². The Morgan fingerprint density at radius 3 is 2.57 bits per heavy atom. The Labute approximate surface area is 139 Å². The molecule has 0 amide bonds. The molecule has 1 atom stereocenters. The van der Waals surface area contributed by atoms with Gasteiger partial charge in [0.2, 0.25) is 0 Å². The van der Waals surface area contributed by atoms with Crippen molar-refractivity contribution in [3.63, 3.8) is 0 Å². The zero-order valence-corrected chi connectivity index (χ0v) is 14.6. The summed E-state index contributed by atoms with van der Waals surface area (Å²) in [6.45, 7) is 7.74. The van der Waals surface area contributed by atoms with Gasteiger partial charge in [-0.15, -0.1) is 0 Å². The van der Waals surface area contributed by atoms with Gasteiger partial charge < -0.3 is 10.1 Å². The van der Waals surface area contributed by atoms with Crippen molar-refractivity contribution in [2.24, 2.45) is 0 Å². The first-order chi connectivity index (χ1) is 11.0. The standard InChI is InChI=1S/C21H27NO/c1-15-5-7-16(8-6-15)9-12-20-18-11-10-17(23-4)13-19(18)21(2,3)14-22-20/h5-8,10-11,13,20,22H,9,12,14H2,1-4H3. The molecule has 1 N–H and O–H groups in total. The van der Waals surface area contributed by atoms with Crippen molar-refractivity contribution in [3.05, 3.63) is 64.7 Å². The van der Waals surface area contributed by atoms with Gasteiger partial charge in [0, 0.05) is 18.0 Å². The Morgan fingerprint density at radius 2 is 1.87 bits per heavy atom. The number of fused-ring (bicyclic) bond motifs is 1. The van der Waals surface area contributed by atoms with Crippen molar-refractivity contribution in [3.8, 4) is 5.75 Å². The number of hydrogen-bond donors (Lipinski definition) is 1. The molecule has 0 saturated carbocycles. The maximum Gasteiger partial charge on any atom is 0.119 e. The second-order valence-electron chi connectivity index (χ2n) is 7.29. The van der Waals surface area contributed by atoms with Crippen LogP contribution in [0.1, 0.15) is 48.6 Å². The molecule has 23 heavy (non-hydrogen) atoms. The van der Waals surface area contributed by atoms with E-state index in [0.29, 0.717) is 6.04 Å². The minimum Gasteiger partial charge on any atom is -0.497 e. The van der Waals surface area contributed by atoms with Gasteiger partial charge in [-0.2, -0.15) is 0 Å². The number of aryl methyl sites for hydroxylation is 2.